The molecule has 0 radical (unpaired) electrons. The van der Waals surface area contributed by atoms with Crippen molar-refractivity contribution < 1.29 is 4.79 Å². The molecular formula is C23H21ClN4OS2. The third kappa shape index (κ3) is 5.18. The lowest BCUT2D eigenvalue weighted by molar-refractivity contribution is -0.115. The molecule has 0 fully saturated rings. The van der Waals surface area contributed by atoms with E-state index in [1.165, 1.54) is 16.6 Å². The van der Waals surface area contributed by atoms with Crippen LogP contribution in [0.4, 0.5) is 5.69 Å². The number of carbonyl (C=O) groups is 1. The molecule has 4 aromatic rings. The van der Waals surface area contributed by atoms with Crippen molar-refractivity contribution in [2.75, 3.05) is 5.32 Å². The lowest BCUT2D eigenvalue weighted by Gasteiger charge is -2.15. The van der Waals surface area contributed by atoms with Crippen LogP contribution >= 0.6 is 34.7 Å². The molecular weight excluding hydrogens is 448 g/mol. The number of amides is 1. The van der Waals surface area contributed by atoms with Crippen LogP contribution in [0.15, 0.2) is 71.2 Å². The largest absolute Gasteiger partial charge is 0.325 e. The molecule has 0 saturated heterocycles. The Morgan fingerprint density at radius 3 is 2.71 bits per heavy atom. The molecule has 8 heteroatoms. The normalized spacial score (nSPS) is 12.0. The van der Waals surface area contributed by atoms with E-state index < -0.39 is 0 Å². The van der Waals surface area contributed by atoms with Crippen LogP contribution in [0.25, 0.3) is 5.69 Å². The van der Waals surface area contributed by atoms with Crippen LogP contribution in [0.1, 0.15) is 23.2 Å². The van der Waals surface area contributed by atoms with E-state index in [1.807, 2.05) is 66.9 Å². The number of thiophene rings is 1. The first-order chi connectivity index (χ1) is 15.0. The van der Waals surface area contributed by atoms with Crippen LogP contribution in [0.3, 0.4) is 0 Å². The number of nitrogens with one attached hydrogen (secondary N) is 1. The summed E-state index contributed by atoms with van der Waals surface area (Å²) in [6.07, 6.45) is 0.683. The van der Waals surface area contributed by atoms with Gasteiger partial charge in [-0.15, -0.1) is 21.5 Å². The van der Waals surface area contributed by atoms with Crippen molar-refractivity contribution in [2.24, 2.45) is 0 Å². The second-order valence-corrected chi connectivity index (χ2v) is 9.81. The Hall–Kier alpha value is -2.61. The Labute approximate surface area is 194 Å². The number of anilines is 1. The number of carbonyl (C=O) groups excluding carboxylic acids is 1. The minimum Gasteiger partial charge on any atom is -0.325 e. The van der Waals surface area contributed by atoms with Crippen LogP contribution in [0.5, 0.6) is 0 Å². The molecule has 1 atom stereocenters. The van der Waals surface area contributed by atoms with E-state index in [1.54, 1.807) is 17.4 Å². The summed E-state index contributed by atoms with van der Waals surface area (Å²) in [5.41, 5.74) is 2.65. The zero-order valence-corrected chi connectivity index (χ0v) is 19.5. The minimum atomic E-state index is -0.375. The van der Waals surface area contributed by atoms with E-state index in [2.05, 4.69) is 27.0 Å². The Morgan fingerprint density at radius 2 is 1.97 bits per heavy atom. The Balaban J connectivity index is 1.58. The van der Waals surface area contributed by atoms with Crippen LogP contribution in [-0.4, -0.2) is 25.9 Å². The summed E-state index contributed by atoms with van der Waals surface area (Å²) in [5, 5.41) is 14.8. The molecule has 1 N–H and O–H groups in total. The number of para-hydroxylation sites is 1. The highest BCUT2D eigenvalue weighted by atomic mass is 35.5. The van der Waals surface area contributed by atoms with E-state index in [0.29, 0.717) is 22.3 Å². The second kappa shape index (κ2) is 9.68. The molecule has 2 aromatic heterocycles. The molecule has 1 unspecified atom stereocenters. The molecule has 2 aromatic carbocycles. The van der Waals surface area contributed by atoms with Gasteiger partial charge in [0.1, 0.15) is 5.82 Å². The number of benzene rings is 2. The minimum absolute atomic E-state index is 0.113. The van der Waals surface area contributed by atoms with Gasteiger partial charge in [-0.3, -0.25) is 9.36 Å². The summed E-state index contributed by atoms with van der Waals surface area (Å²) in [6.45, 7) is 3.80. The topological polar surface area (TPSA) is 59.8 Å². The van der Waals surface area contributed by atoms with E-state index in [-0.39, 0.29) is 11.2 Å². The first-order valence-electron chi connectivity index (χ1n) is 9.77. The van der Waals surface area contributed by atoms with E-state index in [0.717, 1.165) is 17.1 Å². The van der Waals surface area contributed by atoms with Gasteiger partial charge in [-0.25, -0.2) is 0 Å². The molecule has 0 aliphatic rings. The zero-order valence-electron chi connectivity index (χ0n) is 17.1. The van der Waals surface area contributed by atoms with Crippen molar-refractivity contribution in [2.45, 2.75) is 30.7 Å². The third-order valence-corrected chi connectivity index (χ3v) is 6.89. The number of nitrogens with zero attached hydrogens (tertiary/aromatic N) is 3. The van der Waals surface area contributed by atoms with Crippen LogP contribution < -0.4 is 5.32 Å². The van der Waals surface area contributed by atoms with E-state index in [9.17, 15) is 4.79 Å². The average Bonchev–Trinajstić information content (AvgIpc) is 3.41. The van der Waals surface area contributed by atoms with Crippen molar-refractivity contribution in [3.8, 4) is 5.69 Å². The van der Waals surface area contributed by atoms with Crippen molar-refractivity contribution in [3.63, 3.8) is 0 Å². The molecule has 0 bridgehead atoms. The molecule has 5 nitrogen and oxygen atoms in total. The summed E-state index contributed by atoms with van der Waals surface area (Å²) < 4.78 is 2.03. The molecule has 1 amide bonds. The third-order valence-electron chi connectivity index (χ3n) is 4.74. The number of thioether (sulfide) groups is 1. The fourth-order valence-electron chi connectivity index (χ4n) is 3.07. The molecule has 158 valence electrons. The number of aromatic nitrogens is 3. The van der Waals surface area contributed by atoms with Crippen LogP contribution in [-0.2, 0) is 11.2 Å². The Morgan fingerprint density at radius 1 is 1.16 bits per heavy atom. The maximum atomic E-state index is 12.9. The van der Waals surface area contributed by atoms with Crippen LogP contribution in [0.2, 0.25) is 5.02 Å². The van der Waals surface area contributed by atoms with E-state index in [4.69, 9.17) is 11.6 Å². The first kappa shape index (κ1) is 21.6. The highest BCUT2D eigenvalue weighted by Gasteiger charge is 2.22. The number of rotatable bonds is 7. The van der Waals surface area contributed by atoms with Gasteiger partial charge in [-0.05, 0) is 55.1 Å². The van der Waals surface area contributed by atoms with Crippen LogP contribution in [0, 0.1) is 6.92 Å². The monoisotopic (exact) mass is 468 g/mol. The summed E-state index contributed by atoms with van der Waals surface area (Å²) in [6, 6.07) is 19.6. The van der Waals surface area contributed by atoms with Gasteiger partial charge in [0, 0.05) is 27.7 Å². The molecule has 2 heterocycles. The van der Waals surface area contributed by atoms with Crippen molar-refractivity contribution in [1.82, 2.24) is 14.8 Å². The highest BCUT2D eigenvalue weighted by Crippen LogP contribution is 2.28. The Kier molecular flexibility index (Phi) is 6.75. The standard InChI is InChI=1S/C23H21ClN4OS2/c1-15-10-11-17(24)13-20(15)25-22(29)16(2)31-23-27-26-21(14-19-9-6-12-30-19)28(23)18-7-4-3-5-8-18/h3-13,16H,14H2,1-2H3,(H,25,29). The first-order valence-corrected chi connectivity index (χ1v) is 11.9. The molecule has 0 aliphatic heterocycles. The maximum absolute atomic E-state index is 12.9. The van der Waals surface area contributed by atoms with Gasteiger partial charge in [0.05, 0.1) is 5.25 Å². The van der Waals surface area contributed by atoms with Gasteiger partial charge in [-0.2, -0.15) is 0 Å². The molecule has 31 heavy (non-hydrogen) atoms. The predicted octanol–water partition coefficient (Wildman–Crippen LogP) is 6.00. The SMILES string of the molecule is Cc1ccc(Cl)cc1NC(=O)C(C)Sc1nnc(Cc2cccs2)n1-c1ccccc1. The smallest absolute Gasteiger partial charge is 0.237 e. The summed E-state index contributed by atoms with van der Waals surface area (Å²) in [7, 11) is 0. The molecule has 0 aliphatic carbocycles. The van der Waals surface area contributed by atoms with Gasteiger partial charge < -0.3 is 5.32 Å². The lowest BCUT2D eigenvalue weighted by atomic mass is 10.2. The highest BCUT2D eigenvalue weighted by molar-refractivity contribution is 8.00. The average molecular weight is 469 g/mol. The van der Waals surface area contributed by atoms with Crippen molar-refractivity contribution in [1.29, 1.82) is 0 Å². The second-order valence-electron chi connectivity index (χ2n) is 7.03. The number of aryl methyl sites for hydroxylation is 1. The van der Waals surface area contributed by atoms with Gasteiger partial charge in [-0.1, -0.05) is 53.7 Å². The lowest BCUT2D eigenvalue weighted by Crippen LogP contribution is -2.23. The number of hydrogen-bond donors (Lipinski definition) is 1. The zero-order chi connectivity index (χ0) is 21.8. The number of halogens is 1. The van der Waals surface area contributed by atoms with Gasteiger partial charge in [0.25, 0.3) is 0 Å². The fourth-order valence-corrected chi connectivity index (χ4v) is 4.83. The Bertz CT molecular complexity index is 1180. The summed E-state index contributed by atoms with van der Waals surface area (Å²) in [5.74, 6) is 0.729. The maximum Gasteiger partial charge on any atom is 0.237 e. The molecule has 0 saturated carbocycles. The van der Waals surface area contributed by atoms with Crippen molar-refractivity contribution >= 4 is 46.3 Å². The van der Waals surface area contributed by atoms with Gasteiger partial charge in [0.2, 0.25) is 5.91 Å². The van der Waals surface area contributed by atoms with Gasteiger partial charge >= 0.3 is 0 Å². The predicted molar refractivity (Wildman–Crippen MR) is 129 cm³/mol. The van der Waals surface area contributed by atoms with Gasteiger partial charge in [0.15, 0.2) is 5.16 Å². The fraction of sp³-hybridized carbons (Fsp3) is 0.174. The summed E-state index contributed by atoms with van der Waals surface area (Å²) in [4.78, 5) is 14.1. The molecule has 4 rings (SSSR count). The molecule has 0 spiro atoms. The number of hydrogen-bond acceptors (Lipinski definition) is 5. The quantitative estimate of drug-likeness (QED) is 0.338. The summed E-state index contributed by atoms with van der Waals surface area (Å²) >= 11 is 9.16. The van der Waals surface area contributed by atoms with E-state index >= 15 is 0 Å². The van der Waals surface area contributed by atoms with Crippen molar-refractivity contribution in [3.05, 3.63) is 87.3 Å².